The summed E-state index contributed by atoms with van der Waals surface area (Å²) in [4.78, 5) is 39.3. The Morgan fingerprint density at radius 3 is 2.83 bits per heavy atom. The van der Waals surface area contributed by atoms with Gasteiger partial charge in [-0.15, -0.1) is 0 Å². The summed E-state index contributed by atoms with van der Waals surface area (Å²) in [5.41, 5.74) is -0.635. The van der Waals surface area contributed by atoms with Crippen LogP contribution in [0.1, 0.15) is 50.9 Å². The lowest BCUT2D eigenvalue weighted by atomic mass is 10.0. The molecule has 1 aromatic heterocycles. The van der Waals surface area contributed by atoms with Crippen LogP contribution in [-0.4, -0.2) is 45.6 Å². The largest absolute Gasteiger partial charge is 0.503 e. The van der Waals surface area contributed by atoms with E-state index in [0.717, 1.165) is 5.56 Å². The number of aryl methyl sites for hydroxylation is 1. The molecule has 30 heavy (non-hydrogen) atoms. The van der Waals surface area contributed by atoms with E-state index in [-0.39, 0.29) is 49.3 Å². The van der Waals surface area contributed by atoms with Gasteiger partial charge in [-0.2, -0.15) is 0 Å². The summed E-state index contributed by atoms with van der Waals surface area (Å²) in [6, 6.07) is 4.06. The Bertz CT molecular complexity index is 1100. The highest BCUT2D eigenvalue weighted by Gasteiger charge is 2.38. The molecule has 7 nitrogen and oxygen atoms in total. The molecule has 0 saturated carbocycles. The first-order chi connectivity index (χ1) is 14.3. The molecule has 2 bridgehead atoms. The number of halogens is 2. The fourth-order valence-corrected chi connectivity index (χ4v) is 4.01. The number of carbonyl (C=O) groups is 2. The van der Waals surface area contributed by atoms with E-state index in [2.05, 4.69) is 5.32 Å². The second-order valence-electron chi connectivity index (χ2n) is 7.78. The molecule has 9 heteroatoms. The van der Waals surface area contributed by atoms with Crippen molar-refractivity contribution in [1.82, 2.24) is 14.8 Å². The smallest absolute Gasteiger partial charge is 0.274 e. The van der Waals surface area contributed by atoms with Gasteiger partial charge in [0.05, 0.1) is 6.04 Å². The van der Waals surface area contributed by atoms with Gasteiger partial charge < -0.3 is 19.9 Å². The number of hydrogen-bond acceptors (Lipinski definition) is 4. The molecule has 2 atom stereocenters. The second-order valence-corrected chi connectivity index (χ2v) is 7.78. The molecule has 0 aliphatic carbocycles. The minimum Gasteiger partial charge on any atom is -0.503 e. The standard InChI is InChI=1S/C21H21F2N3O4/c1-11-2-3-12(16(23)6-11)8-24-20(29)15-10-26-14-7-13(22)4-5-25(9-14)21(30)17(26)19(28)18(15)27/h2-3,6,10,13-14,28H,4-5,7-9H2,1H3,(H,24,29)/t13-,14-/m0/s1. The predicted octanol–water partition coefficient (Wildman–Crippen LogP) is 2.06. The van der Waals surface area contributed by atoms with Crippen molar-refractivity contribution in [3.63, 3.8) is 0 Å². The summed E-state index contributed by atoms with van der Waals surface area (Å²) in [6.07, 6.45) is 0.337. The normalized spacial score (nSPS) is 20.5. The molecule has 2 amide bonds. The van der Waals surface area contributed by atoms with Gasteiger partial charge in [0.25, 0.3) is 11.8 Å². The number of rotatable bonds is 3. The number of hydrogen-bond donors (Lipinski definition) is 2. The Balaban J connectivity index is 1.67. The van der Waals surface area contributed by atoms with E-state index in [9.17, 15) is 28.3 Å². The number of fused-ring (bicyclic) bond motifs is 4. The fourth-order valence-electron chi connectivity index (χ4n) is 4.01. The maximum absolute atomic E-state index is 14.1. The van der Waals surface area contributed by atoms with Crippen molar-refractivity contribution in [2.45, 2.75) is 38.5 Å². The molecule has 0 unspecified atom stereocenters. The van der Waals surface area contributed by atoms with Crippen molar-refractivity contribution < 1.29 is 23.5 Å². The molecular formula is C21H21F2N3O4. The van der Waals surface area contributed by atoms with Crippen LogP contribution in [0.4, 0.5) is 8.78 Å². The topological polar surface area (TPSA) is 91.6 Å². The van der Waals surface area contributed by atoms with Crippen molar-refractivity contribution >= 4 is 11.8 Å². The molecule has 2 aromatic rings. The molecule has 1 fully saturated rings. The zero-order valence-electron chi connectivity index (χ0n) is 16.3. The first kappa shape index (κ1) is 20.1. The van der Waals surface area contributed by atoms with Crippen LogP contribution in [0.2, 0.25) is 0 Å². The number of alkyl halides is 1. The van der Waals surface area contributed by atoms with E-state index in [1.807, 2.05) is 0 Å². The molecule has 4 rings (SSSR count). The van der Waals surface area contributed by atoms with Crippen LogP contribution < -0.4 is 10.7 Å². The molecule has 2 aliphatic heterocycles. The lowest BCUT2D eigenvalue weighted by molar-refractivity contribution is 0.0677. The Kier molecular flexibility index (Phi) is 5.05. The summed E-state index contributed by atoms with van der Waals surface area (Å²) in [6.45, 7) is 2.02. The van der Waals surface area contributed by atoms with Gasteiger partial charge in [-0.3, -0.25) is 14.4 Å². The van der Waals surface area contributed by atoms with Gasteiger partial charge in [-0.25, -0.2) is 8.78 Å². The van der Waals surface area contributed by atoms with Crippen molar-refractivity contribution in [3.05, 3.63) is 62.8 Å². The average molecular weight is 417 g/mol. The quantitative estimate of drug-likeness (QED) is 0.800. The summed E-state index contributed by atoms with van der Waals surface area (Å²) < 4.78 is 29.4. The van der Waals surface area contributed by atoms with Gasteiger partial charge in [-0.05, 0) is 25.0 Å². The van der Waals surface area contributed by atoms with Crippen molar-refractivity contribution in [3.8, 4) is 5.75 Å². The lowest BCUT2D eigenvalue weighted by Crippen LogP contribution is -2.44. The molecule has 2 aliphatic rings. The van der Waals surface area contributed by atoms with Crippen LogP contribution in [-0.2, 0) is 6.54 Å². The third kappa shape index (κ3) is 3.44. The highest BCUT2D eigenvalue weighted by Crippen LogP contribution is 2.32. The van der Waals surface area contributed by atoms with E-state index in [1.165, 1.54) is 27.8 Å². The first-order valence-corrected chi connectivity index (χ1v) is 9.71. The molecule has 0 radical (unpaired) electrons. The van der Waals surface area contributed by atoms with E-state index >= 15 is 0 Å². The zero-order chi connectivity index (χ0) is 21.6. The maximum Gasteiger partial charge on any atom is 0.274 e. The number of amides is 2. The minimum atomic E-state index is -1.14. The van der Waals surface area contributed by atoms with Gasteiger partial charge in [0.2, 0.25) is 5.43 Å². The van der Waals surface area contributed by atoms with Crippen LogP contribution in [0, 0.1) is 12.7 Å². The monoisotopic (exact) mass is 417 g/mol. The van der Waals surface area contributed by atoms with Crippen LogP contribution >= 0.6 is 0 Å². The lowest BCUT2D eigenvalue weighted by Gasteiger charge is -2.34. The fraction of sp³-hybridized carbons (Fsp3) is 0.381. The predicted molar refractivity (Wildman–Crippen MR) is 104 cm³/mol. The van der Waals surface area contributed by atoms with Crippen molar-refractivity contribution in [2.24, 2.45) is 0 Å². The summed E-state index contributed by atoms with van der Waals surface area (Å²) in [5.74, 6) is -2.70. The highest BCUT2D eigenvalue weighted by molar-refractivity contribution is 5.99. The first-order valence-electron chi connectivity index (χ1n) is 9.71. The molecule has 2 N–H and O–H groups in total. The van der Waals surface area contributed by atoms with Gasteiger partial charge in [0, 0.05) is 37.8 Å². The average Bonchev–Trinajstić information content (AvgIpc) is 2.87. The van der Waals surface area contributed by atoms with Crippen LogP contribution in [0.15, 0.2) is 29.2 Å². The van der Waals surface area contributed by atoms with Crippen molar-refractivity contribution in [2.75, 3.05) is 13.1 Å². The number of nitrogens with zero attached hydrogens (tertiary/aromatic N) is 2. The van der Waals surface area contributed by atoms with Gasteiger partial charge in [-0.1, -0.05) is 12.1 Å². The molecule has 1 saturated heterocycles. The van der Waals surface area contributed by atoms with E-state index in [0.29, 0.717) is 0 Å². The maximum atomic E-state index is 14.1. The Hall–Kier alpha value is -3.23. The second kappa shape index (κ2) is 7.55. The van der Waals surface area contributed by atoms with Gasteiger partial charge in [0.15, 0.2) is 11.4 Å². The molecule has 1 aromatic carbocycles. The third-order valence-electron chi connectivity index (χ3n) is 5.66. The number of aromatic hydroxyl groups is 1. The van der Waals surface area contributed by atoms with E-state index in [1.54, 1.807) is 13.0 Å². The van der Waals surface area contributed by atoms with Crippen LogP contribution in [0.5, 0.6) is 5.75 Å². The van der Waals surface area contributed by atoms with Crippen molar-refractivity contribution in [1.29, 1.82) is 0 Å². The zero-order valence-corrected chi connectivity index (χ0v) is 16.3. The SMILES string of the molecule is Cc1ccc(CNC(=O)c2cn3c(c(O)c2=O)C(=O)N2CC[C@H](F)C[C@H]3C2)c(F)c1. The Morgan fingerprint density at radius 2 is 2.10 bits per heavy atom. The number of nitrogens with one attached hydrogen (secondary N) is 1. The van der Waals surface area contributed by atoms with Crippen LogP contribution in [0.25, 0.3) is 0 Å². The number of aromatic nitrogens is 1. The van der Waals surface area contributed by atoms with Crippen LogP contribution in [0.3, 0.4) is 0 Å². The molecular weight excluding hydrogens is 396 g/mol. The van der Waals surface area contributed by atoms with E-state index in [4.69, 9.17) is 0 Å². The van der Waals surface area contributed by atoms with E-state index < -0.39 is 41.0 Å². The summed E-state index contributed by atoms with van der Waals surface area (Å²) in [7, 11) is 0. The minimum absolute atomic E-state index is 0.106. The Morgan fingerprint density at radius 1 is 1.33 bits per heavy atom. The highest BCUT2D eigenvalue weighted by atomic mass is 19.1. The molecule has 158 valence electrons. The number of pyridine rings is 1. The van der Waals surface area contributed by atoms with Gasteiger partial charge in [0.1, 0.15) is 17.6 Å². The van der Waals surface area contributed by atoms with Gasteiger partial charge >= 0.3 is 0 Å². The summed E-state index contributed by atoms with van der Waals surface area (Å²) in [5, 5.41) is 12.9. The molecule has 3 heterocycles. The molecule has 0 spiro atoms. The number of carbonyl (C=O) groups excluding carboxylic acids is 2. The summed E-state index contributed by atoms with van der Waals surface area (Å²) >= 11 is 0. The Labute approximate surface area is 170 Å². The number of benzene rings is 1. The third-order valence-corrected chi connectivity index (χ3v) is 5.66.